The summed E-state index contributed by atoms with van der Waals surface area (Å²) >= 11 is 3.43. The Balaban J connectivity index is 1.42. The Labute approximate surface area is 192 Å². The molecule has 0 spiro atoms. The molecule has 7 nitrogen and oxygen atoms in total. The molecule has 156 valence electrons. The van der Waals surface area contributed by atoms with E-state index in [0.29, 0.717) is 17.8 Å². The summed E-state index contributed by atoms with van der Waals surface area (Å²) < 4.78 is 2.70. The number of hydrogen-bond donors (Lipinski definition) is 1. The third-order valence-corrected chi connectivity index (χ3v) is 5.47. The average Bonchev–Trinajstić information content (AvgIpc) is 3.27. The maximum Gasteiger partial charge on any atom is 0.258 e. The molecule has 32 heavy (non-hydrogen) atoms. The van der Waals surface area contributed by atoms with Crippen LogP contribution in [-0.2, 0) is 6.54 Å². The van der Waals surface area contributed by atoms with Crippen molar-refractivity contribution in [1.29, 1.82) is 0 Å². The van der Waals surface area contributed by atoms with Gasteiger partial charge in [0.25, 0.3) is 5.91 Å². The molecule has 1 amide bonds. The predicted octanol–water partition coefficient (Wildman–Crippen LogP) is 4.95. The molecule has 3 heterocycles. The van der Waals surface area contributed by atoms with Gasteiger partial charge in [0.15, 0.2) is 0 Å². The summed E-state index contributed by atoms with van der Waals surface area (Å²) in [6.07, 6.45) is 5.03. The van der Waals surface area contributed by atoms with E-state index in [2.05, 4.69) is 36.3 Å². The number of pyridine rings is 2. The van der Waals surface area contributed by atoms with Gasteiger partial charge < -0.3 is 0 Å². The molecule has 3 aromatic heterocycles. The summed E-state index contributed by atoms with van der Waals surface area (Å²) in [5.41, 5.74) is 3.82. The Kier molecular flexibility index (Phi) is 5.43. The molecular weight excluding hydrogens is 468 g/mol. The largest absolute Gasteiger partial charge is 0.289 e. The van der Waals surface area contributed by atoms with Crippen molar-refractivity contribution in [2.45, 2.75) is 6.54 Å². The van der Waals surface area contributed by atoms with Crippen LogP contribution in [0.1, 0.15) is 15.9 Å². The van der Waals surface area contributed by atoms with E-state index in [-0.39, 0.29) is 11.9 Å². The van der Waals surface area contributed by atoms with Crippen LogP contribution in [0.25, 0.3) is 22.2 Å². The SMILES string of the molecule is O=C(Nc1ncn(Cc2ccc(Br)cc2)n1)c1cc(-c2cccnc2)nc2ccccc12. The Morgan fingerprint density at radius 3 is 2.69 bits per heavy atom. The predicted molar refractivity (Wildman–Crippen MR) is 126 cm³/mol. The molecule has 0 aliphatic carbocycles. The van der Waals surface area contributed by atoms with E-state index in [1.165, 1.54) is 0 Å². The van der Waals surface area contributed by atoms with Crippen LogP contribution in [0.15, 0.2) is 89.9 Å². The zero-order valence-corrected chi connectivity index (χ0v) is 18.4. The van der Waals surface area contributed by atoms with Gasteiger partial charge in [-0.25, -0.2) is 14.6 Å². The summed E-state index contributed by atoms with van der Waals surface area (Å²) in [5.74, 6) is -0.0499. The van der Waals surface area contributed by atoms with E-state index >= 15 is 0 Å². The number of nitrogens with one attached hydrogen (secondary N) is 1. The summed E-state index contributed by atoms with van der Waals surface area (Å²) in [6, 6.07) is 21.0. The third kappa shape index (κ3) is 4.26. The van der Waals surface area contributed by atoms with E-state index in [9.17, 15) is 4.79 Å². The summed E-state index contributed by atoms with van der Waals surface area (Å²) in [7, 11) is 0. The lowest BCUT2D eigenvalue weighted by Crippen LogP contribution is -2.14. The van der Waals surface area contributed by atoms with Crippen molar-refractivity contribution in [3.8, 4) is 11.3 Å². The molecule has 0 aliphatic rings. The molecular formula is C24H17BrN6O. The third-order valence-electron chi connectivity index (χ3n) is 4.94. The second kappa shape index (κ2) is 8.68. The number of aromatic nitrogens is 5. The van der Waals surface area contributed by atoms with Crippen LogP contribution < -0.4 is 5.32 Å². The number of rotatable bonds is 5. The molecule has 5 rings (SSSR count). The average molecular weight is 485 g/mol. The highest BCUT2D eigenvalue weighted by atomic mass is 79.9. The first kappa shape index (κ1) is 20.0. The number of halogens is 1. The number of anilines is 1. The van der Waals surface area contributed by atoms with E-state index in [1.54, 1.807) is 29.5 Å². The van der Waals surface area contributed by atoms with Gasteiger partial charge in [0.1, 0.15) is 6.33 Å². The topological polar surface area (TPSA) is 85.6 Å². The first-order chi connectivity index (χ1) is 15.7. The minimum absolute atomic E-state index is 0.246. The fourth-order valence-corrected chi connectivity index (χ4v) is 3.66. The highest BCUT2D eigenvalue weighted by molar-refractivity contribution is 9.10. The number of fused-ring (bicyclic) bond motifs is 1. The molecule has 0 saturated heterocycles. The number of hydrogen-bond acceptors (Lipinski definition) is 5. The van der Waals surface area contributed by atoms with Crippen molar-refractivity contribution in [3.05, 3.63) is 101 Å². The molecule has 0 saturated carbocycles. The second-order valence-corrected chi connectivity index (χ2v) is 8.08. The Hall–Kier alpha value is -3.91. The fourth-order valence-electron chi connectivity index (χ4n) is 3.40. The van der Waals surface area contributed by atoms with Gasteiger partial charge in [-0.3, -0.25) is 15.1 Å². The van der Waals surface area contributed by atoms with Crippen molar-refractivity contribution in [3.63, 3.8) is 0 Å². The number of carbonyl (C=O) groups excluding carboxylic acids is 1. The molecule has 0 bridgehead atoms. The van der Waals surface area contributed by atoms with Gasteiger partial charge in [-0.15, -0.1) is 5.10 Å². The van der Waals surface area contributed by atoms with Gasteiger partial charge in [0.05, 0.1) is 23.3 Å². The lowest BCUT2D eigenvalue weighted by molar-refractivity contribution is 0.102. The first-order valence-electron chi connectivity index (χ1n) is 9.91. The Morgan fingerprint density at radius 2 is 1.88 bits per heavy atom. The molecule has 0 aliphatic heterocycles. The fraction of sp³-hybridized carbons (Fsp3) is 0.0417. The summed E-state index contributed by atoms with van der Waals surface area (Å²) in [6.45, 7) is 0.555. The highest BCUT2D eigenvalue weighted by Gasteiger charge is 2.16. The summed E-state index contributed by atoms with van der Waals surface area (Å²) in [4.78, 5) is 26.3. The van der Waals surface area contributed by atoms with Crippen molar-refractivity contribution in [2.75, 3.05) is 5.32 Å². The standard InChI is InChI=1S/C24H17BrN6O/c25-18-9-7-16(8-10-18)14-31-15-27-24(30-31)29-23(32)20-12-22(17-4-3-11-26-13-17)28-21-6-2-1-5-19(20)21/h1-13,15H,14H2,(H,29,30,32). The van der Waals surface area contributed by atoms with Crippen LogP contribution in [0.5, 0.6) is 0 Å². The van der Waals surface area contributed by atoms with E-state index in [0.717, 1.165) is 26.5 Å². The van der Waals surface area contributed by atoms with Crippen molar-refractivity contribution in [2.24, 2.45) is 0 Å². The maximum atomic E-state index is 13.2. The van der Waals surface area contributed by atoms with Crippen molar-refractivity contribution >= 4 is 38.7 Å². The van der Waals surface area contributed by atoms with Gasteiger partial charge in [0, 0.05) is 27.8 Å². The number of nitrogens with zero attached hydrogens (tertiary/aromatic N) is 5. The lowest BCUT2D eigenvalue weighted by atomic mass is 10.0. The summed E-state index contributed by atoms with van der Waals surface area (Å²) in [5, 5.41) is 7.96. The highest BCUT2D eigenvalue weighted by Crippen LogP contribution is 2.25. The number of amides is 1. The van der Waals surface area contributed by atoms with E-state index in [1.807, 2.05) is 60.7 Å². The van der Waals surface area contributed by atoms with Crippen molar-refractivity contribution in [1.82, 2.24) is 24.7 Å². The number of benzene rings is 2. The van der Waals surface area contributed by atoms with E-state index < -0.39 is 0 Å². The molecule has 0 fully saturated rings. The number of carbonyl (C=O) groups is 1. The molecule has 1 N–H and O–H groups in total. The molecule has 0 unspecified atom stereocenters. The van der Waals surface area contributed by atoms with Crippen LogP contribution in [0.2, 0.25) is 0 Å². The van der Waals surface area contributed by atoms with Crippen LogP contribution in [0.3, 0.4) is 0 Å². The van der Waals surface area contributed by atoms with E-state index in [4.69, 9.17) is 4.98 Å². The van der Waals surface area contributed by atoms with Crippen LogP contribution in [0.4, 0.5) is 5.95 Å². The van der Waals surface area contributed by atoms with Crippen LogP contribution >= 0.6 is 15.9 Å². The van der Waals surface area contributed by atoms with Crippen molar-refractivity contribution < 1.29 is 4.79 Å². The Morgan fingerprint density at radius 1 is 1.03 bits per heavy atom. The van der Waals surface area contributed by atoms with Gasteiger partial charge in [-0.05, 0) is 42.0 Å². The second-order valence-electron chi connectivity index (χ2n) is 7.16. The van der Waals surface area contributed by atoms with Crippen LogP contribution in [0, 0.1) is 0 Å². The zero-order chi connectivity index (χ0) is 21.9. The van der Waals surface area contributed by atoms with Gasteiger partial charge in [-0.1, -0.05) is 46.3 Å². The smallest absolute Gasteiger partial charge is 0.258 e. The van der Waals surface area contributed by atoms with Crippen LogP contribution in [-0.4, -0.2) is 30.6 Å². The normalized spacial score (nSPS) is 10.9. The van der Waals surface area contributed by atoms with Gasteiger partial charge in [0.2, 0.25) is 5.95 Å². The molecule has 8 heteroatoms. The minimum Gasteiger partial charge on any atom is -0.289 e. The monoisotopic (exact) mass is 484 g/mol. The Bertz CT molecular complexity index is 1400. The van der Waals surface area contributed by atoms with Gasteiger partial charge in [-0.2, -0.15) is 0 Å². The molecule has 0 radical (unpaired) electrons. The lowest BCUT2D eigenvalue weighted by Gasteiger charge is -2.09. The first-order valence-corrected chi connectivity index (χ1v) is 10.7. The number of para-hydroxylation sites is 1. The molecule has 0 atom stereocenters. The maximum absolute atomic E-state index is 13.2. The zero-order valence-electron chi connectivity index (χ0n) is 16.8. The quantitative estimate of drug-likeness (QED) is 0.381. The molecule has 5 aromatic rings. The minimum atomic E-state index is -0.296. The molecule has 2 aromatic carbocycles. The van der Waals surface area contributed by atoms with Gasteiger partial charge >= 0.3 is 0 Å².